The Morgan fingerprint density at radius 2 is 2.00 bits per heavy atom. The average molecular weight is 222 g/mol. The molecule has 0 aromatic heterocycles. The second-order valence-electron chi connectivity index (χ2n) is 3.39. The molecule has 1 heteroatoms. The van der Waals surface area contributed by atoms with Gasteiger partial charge in [0.2, 0.25) is 0 Å². The number of rotatable bonds is 0. The molecule has 2 aliphatic carbocycles. The fourth-order valence-corrected chi connectivity index (χ4v) is 1.19. The number of hydrogen-bond donors (Lipinski definition) is 0. The van der Waals surface area contributed by atoms with E-state index in [0.29, 0.717) is 0 Å². The van der Waals surface area contributed by atoms with Gasteiger partial charge in [0.05, 0.1) is 0 Å². The maximum absolute atomic E-state index is 3.26. The maximum Gasteiger partial charge on any atom is 4.00 e. The van der Waals surface area contributed by atoms with Crippen LogP contribution in [0.2, 0.25) is 0 Å². The molecule has 14 heavy (non-hydrogen) atoms. The predicted molar refractivity (Wildman–Crippen MR) is 59.2 cm³/mol. The van der Waals surface area contributed by atoms with Crippen LogP contribution >= 0.6 is 0 Å². The molecule has 0 atom stereocenters. The zero-order valence-electron chi connectivity index (χ0n) is 11.1. The normalized spacial score (nSPS) is 17.5. The van der Waals surface area contributed by atoms with Gasteiger partial charge in [-0.05, 0) is 0 Å². The van der Waals surface area contributed by atoms with Crippen molar-refractivity contribution in [3.63, 3.8) is 0 Å². The standard InChI is InChI=1S/C8H11.C5H5.Ti.2H/c1-6-4-5-7(2)8(6)3;1-2-4-5-3-1;;;/h4H2,1-3H3;1-3H,4H2;;;/q2*-1;+4;2*-1. The van der Waals surface area contributed by atoms with Gasteiger partial charge in [0.25, 0.3) is 0 Å². The summed E-state index contributed by atoms with van der Waals surface area (Å²) in [5.74, 6) is 0. The van der Waals surface area contributed by atoms with Gasteiger partial charge in [0.15, 0.2) is 0 Å². The first kappa shape index (κ1) is 13.7. The van der Waals surface area contributed by atoms with Crippen LogP contribution in [0.15, 0.2) is 34.9 Å². The van der Waals surface area contributed by atoms with Gasteiger partial charge in [-0.25, -0.2) is 17.7 Å². The summed E-state index contributed by atoms with van der Waals surface area (Å²) in [6.07, 6.45) is 14.3. The molecule has 0 saturated carbocycles. The molecule has 0 nitrogen and oxygen atoms in total. The Bertz CT molecular complexity index is 284. The molecule has 0 aromatic rings. The molecule has 74 valence electrons. The molecule has 0 unspecified atom stereocenters. The van der Waals surface area contributed by atoms with E-state index in [9.17, 15) is 0 Å². The first-order valence-electron chi connectivity index (χ1n) is 4.67. The van der Waals surface area contributed by atoms with Crippen LogP contribution in [0.4, 0.5) is 0 Å². The van der Waals surface area contributed by atoms with E-state index in [0.717, 1.165) is 12.8 Å². The van der Waals surface area contributed by atoms with Crippen molar-refractivity contribution in [3.05, 3.63) is 47.1 Å². The zero-order valence-corrected chi connectivity index (χ0v) is 10.7. The fourth-order valence-electron chi connectivity index (χ4n) is 1.19. The minimum absolute atomic E-state index is 0. The third-order valence-electron chi connectivity index (χ3n) is 2.41. The quantitative estimate of drug-likeness (QED) is 0.429. The predicted octanol–water partition coefficient (Wildman–Crippen LogP) is 4.00. The molecule has 0 aromatic carbocycles. The van der Waals surface area contributed by atoms with Crippen molar-refractivity contribution in [2.45, 2.75) is 33.6 Å². The van der Waals surface area contributed by atoms with E-state index < -0.39 is 0 Å². The van der Waals surface area contributed by atoms with Crippen LogP contribution in [0.25, 0.3) is 0 Å². The smallest absolute Gasteiger partial charge is 1.00 e. The van der Waals surface area contributed by atoms with Gasteiger partial charge in [-0.1, -0.05) is 13.8 Å². The Balaban J connectivity index is -0.000000189. The Morgan fingerprint density at radius 1 is 1.29 bits per heavy atom. The zero-order chi connectivity index (χ0) is 9.68. The topological polar surface area (TPSA) is 0 Å². The molecule has 0 radical (unpaired) electrons. The summed E-state index contributed by atoms with van der Waals surface area (Å²) in [4.78, 5) is 0. The van der Waals surface area contributed by atoms with Gasteiger partial charge in [0, 0.05) is 0 Å². The van der Waals surface area contributed by atoms with E-state index in [1.807, 2.05) is 12.2 Å². The van der Waals surface area contributed by atoms with Crippen LogP contribution in [-0.4, -0.2) is 0 Å². The Morgan fingerprint density at radius 3 is 2.14 bits per heavy atom. The average Bonchev–Trinajstić information content (AvgIpc) is 2.75. The van der Waals surface area contributed by atoms with Crippen LogP contribution < -0.4 is 0 Å². The molecule has 2 aliphatic rings. The Hall–Kier alpha value is -0.326. The number of hydrogen-bond acceptors (Lipinski definition) is 0. The summed E-state index contributed by atoms with van der Waals surface area (Å²) < 4.78 is 0. The van der Waals surface area contributed by atoms with E-state index in [2.05, 4.69) is 39.0 Å². The number of allylic oxidation sites excluding steroid dienone is 8. The first-order chi connectivity index (χ1) is 6.22. The molecule has 2 rings (SSSR count). The molecule has 0 heterocycles. The summed E-state index contributed by atoms with van der Waals surface area (Å²) in [6.45, 7) is 6.44. The third-order valence-corrected chi connectivity index (χ3v) is 2.41. The van der Waals surface area contributed by atoms with Gasteiger partial charge in [-0.15, -0.1) is 19.8 Å². The van der Waals surface area contributed by atoms with Crippen LogP contribution in [0.1, 0.15) is 36.5 Å². The molecule has 0 bridgehead atoms. The second-order valence-corrected chi connectivity index (χ2v) is 3.39. The SMILES string of the molecule is CC1=[C-]CC(C)=C1C.[C-]1=CC=CC1.[H-].[H-].[Ti+4]. The molecule has 0 spiro atoms. The van der Waals surface area contributed by atoms with Crippen LogP contribution in [-0.2, 0) is 21.7 Å². The molecule has 0 N–H and O–H groups in total. The van der Waals surface area contributed by atoms with Crippen molar-refractivity contribution in [2.75, 3.05) is 0 Å². The second kappa shape index (κ2) is 7.03. The molecular weight excluding hydrogens is 204 g/mol. The first-order valence-corrected chi connectivity index (χ1v) is 4.67. The largest absolute Gasteiger partial charge is 4.00 e. The summed E-state index contributed by atoms with van der Waals surface area (Å²) in [6, 6.07) is 0. The molecule has 0 fully saturated rings. The minimum atomic E-state index is 0. The fraction of sp³-hybridized carbons (Fsp3) is 0.385. The monoisotopic (exact) mass is 222 g/mol. The minimum Gasteiger partial charge on any atom is -1.00 e. The summed E-state index contributed by atoms with van der Waals surface area (Å²) in [5.41, 5.74) is 4.25. The van der Waals surface area contributed by atoms with E-state index in [1.165, 1.54) is 16.7 Å². The van der Waals surface area contributed by atoms with Crippen molar-refractivity contribution in [3.8, 4) is 0 Å². The van der Waals surface area contributed by atoms with E-state index in [1.54, 1.807) is 0 Å². The summed E-state index contributed by atoms with van der Waals surface area (Å²) >= 11 is 0. The van der Waals surface area contributed by atoms with Crippen molar-refractivity contribution >= 4 is 0 Å². The van der Waals surface area contributed by atoms with Crippen molar-refractivity contribution in [1.29, 1.82) is 0 Å². The van der Waals surface area contributed by atoms with Gasteiger partial charge < -0.3 is 2.85 Å². The molecule has 0 amide bonds. The summed E-state index contributed by atoms with van der Waals surface area (Å²) in [5, 5.41) is 0. The van der Waals surface area contributed by atoms with Crippen LogP contribution in [0.3, 0.4) is 0 Å². The Labute approximate surface area is 105 Å². The van der Waals surface area contributed by atoms with Gasteiger partial charge in [0.1, 0.15) is 0 Å². The Kier molecular flexibility index (Phi) is 6.87. The maximum atomic E-state index is 3.26. The van der Waals surface area contributed by atoms with Crippen LogP contribution in [0, 0.1) is 12.2 Å². The van der Waals surface area contributed by atoms with E-state index in [4.69, 9.17) is 0 Å². The van der Waals surface area contributed by atoms with Crippen molar-refractivity contribution in [1.82, 2.24) is 0 Å². The third kappa shape index (κ3) is 4.26. The summed E-state index contributed by atoms with van der Waals surface area (Å²) in [7, 11) is 0. The molecule has 0 aliphatic heterocycles. The van der Waals surface area contributed by atoms with E-state index >= 15 is 0 Å². The van der Waals surface area contributed by atoms with Crippen molar-refractivity contribution in [2.24, 2.45) is 0 Å². The molecule has 0 saturated heterocycles. The molecular formula is C13H18Ti. The van der Waals surface area contributed by atoms with Gasteiger partial charge in [-0.3, -0.25) is 12.2 Å². The van der Waals surface area contributed by atoms with E-state index in [-0.39, 0.29) is 24.6 Å². The van der Waals surface area contributed by atoms with Crippen molar-refractivity contribution < 1.29 is 24.6 Å². The van der Waals surface area contributed by atoms with Gasteiger partial charge in [-0.2, -0.15) is 17.2 Å². The van der Waals surface area contributed by atoms with Gasteiger partial charge >= 0.3 is 21.7 Å². The van der Waals surface area contributed by atoms with Crippen LogP contribution in [0.5, 0.6) is 0 Å².